The van der Waals surface area contributed by atoms with E-state index < -0.39 is 0 Å². The van der Waals surface area contributed by atoms with Crippen molar-refractivity contribution in [3.63, 3.8) is 0 Å². The van der Waals surface area contributed by atoms with Crippen LogP contribution < -0.4 is 5.32 Å². The second-order valence-electron chi connectivity index (χ2n) is 5.46. The number of carbonyl (C=O) groups is 1. The lowest BCUT2D eigenvalue weighted by molar-refractivity contribution is -0.137. The van der Waals surface area contributed by atoms with Gasteiger partial charge in [0.15, 0.2) is 0 Å². The van der Waals surface area contributed by atoms with Crippen LogP contribution in [0, 0.1) is 5.92 Å². The molecule has 0 aromatic heterocycles. The van der Waals surface area contributed by atoms with Crippen molar-refractivity contribution in [3.05, 3.63) is 0 Å². The summed E-state index contributed by atoms with van der Waals surface area (Å²) in [6.07, 6.45) is 2.15. The number of hydrogen-bond acceptors (Lipinski definition) is 3. The van der Waals surface area contributed by atoms with E-state index in [1.54, 1.807) is 0 Å². The van der Waals surface area contributed by atoms with Crippen molar-refractivity contribution in [2.24, 2.45) is 5.92 Å². The number of thioether (sulfide) groups is 1. The minimum absolute atomic E-state index is 0.0807. The van der Waals surface area contributed by atoms with Crippen molar-refractivity contribution < 1.29 is 4.79 Å². The summed E-state index contributed by atoms with van der Waals surface area (Å²) < 4.78 is 0. The predicted octanol–water partition coefficient (Wildman–Crippen LogP) is 1.34. The number of nitrogens with zero attached hydrogens (tertiary/aromatic N) is 1. The molecule has 16 heavy (non-hydrogen) atoms. The molecule has 1 N–H and O–H groups in total. The molecule has 2 aliphatic heterocycles. The van der Waals surface area contributed by atoms with Crippen LogP contribution in [0.5, 0.6) is 0 Å². The Morgan fingerprint density at radius 2 is 2.06 bits per heavy atom. The predicted molar refractivity (Wildman–Crippen MR) is 68.7 cm³/mol. The molecular weight excluding hydrogens is 220 g/mol. The van der Waals surface area contributed by atoms with Crippen LogP contribution in [0.3, 0.4) is 0 Å². The molecule has 2 rings (SSSR count). The second kappa shape index (κ2) is 4.96. The molecule has 0 unspecified atom stereocenters. The lowest BCUT2D eigenvalue weighted by Crippen LogP contribution is -2.59. The van der Waals surface area contributed by atoms with Gasteiger partial charge >= 0.3 is 0 Å². The Labute approximate surface area is 102 Å². The summed E-state index contributed by atoms with van der Waals surface area (Å²) in [6, 6.07) is 0. The lowest BCUT2D eigenvalue weighted by atomic mass is 9.97. The average Bonchev–Trinajstić information content (AvgIpc) is 2.28. The summed E-state index contributed by atoms with van der Waals surface area (Å²) in [5, 5.41) is 3.45. The van der Waals surface area contributed by atoms with Crippen molar-refractivity contribution in [1.29, 1.82) is 0 Å². The fourth-order valence-electron chi connectivity index (χ4n) is 2.53. The summed E-state index contributed by atoms with van der Waals surface area (Å²) in [7, 11) is 0. The molecule has 2 fully saturated rings. The van der Waals surface area contributed by atoms with Crippen LogP contribution in [0.4, 0.5) is 0 Å². The molecule has 0 radical (unpaired) electrons. The Morgan fingerprint density at radius 3 is 2.69 bits per heavy atom. The largest absolute Gasteiger partial charge is 0.339 e. The zero-order valence-corrected chi connectivity index (χ0v) is 11.1. The molecule has 0 saturated carbocycles. The van der Waals surface area contributed by atoms with Gasteiger partial charge in [-0.15, -0.1) is 0 Å². The number of piperazine rings is 1. The monoisotopic (exact) mass is 242 g/mol. The standard InChI is InChI=1S/C12H22N2OS/c1-12(2)9-14(6-5-13-12)11(15)10-3-7-16-8-4-10/h10,13H,3-9H2,1-2H3. The van der Waals surface area contributed by atoms with E-state index in [-0.39, 0.29) is 5.54 Å². The van der Waals surface area contributed by atoms with Gasteiger partial charge in [-0.2, -0.15) is 11.8 Å². The van der Waals surface area contributed by atoms with Crippen LogP contribution in [-0.2, 0) is 4.79 Å². The highest BCUT2D eigenvalue weighted by Gasteiger charge is 2.32. The van der Waals surface area contributed by atoms with Crippen molar-refractivity contribution in [2.45, 2.75) is 32.2 Å². The molecule has 3 nitrogen and oxygen atoms in total. The average molecular weight is 242 g/mol. The van der Waals surface area contributed by atoms with E-state index in [0.29, 0.717) is 11.8 Å². The third-order valence-electron chi connectivity index (χ3n) is 3.45. The molecule has 0 aromatic carbocycles. The minimum Gasteiger partial charge on any atom is -0.339 e. The van der Waals surface area contributed by atoms with E-state index in [1.165, 1.54) is 0 Å². The molecule has 0 spiro atoms. The molecule has 1 amide bonds. The number of amides is 1. The van der Waals surface area contributed by atoms with Crippen LogP contribution in [0.2, 0.25) is 0 Å². The molecular formula is C12H22N2OS. The Bertz CT molecular complexity index is 262. The van der Waals surface area contributed by atoms with Gasteiger partial charge in [0.1, 0.15) is 0 Å². The van der Waals surface area contributed by atoms with E-state index in [4.69, 9.17) is 0 Å². The summed E-state index contributed by atoms with van der Waals surface area (Å²) in [6.45, 7) is 7.01. The first-order chi connectivity index (χ1) is 7.58. The van der Waals surface area contributed by atoms with Gasteiger partial charge in [0.25, 0.3) is 0 Å². The first-order valence-corrected chi connectivity index (χ1v) is 7.35. The first kappa shape index (κ1) is 12.2. The van der Waals surface area contributed by atoms with E-state index in [1.807, 2.05) is 11.8 Å². The highest BCUT2D eigenvalue weighted by molar-refractivity contribution is 7.99. The van der Waals surface area contributed by atoms with Crippen LogP contribution in [0.1, 0.15) is 26.7 Å². The molecule has 92 valence electrons. The third kappa shape index (κ3) is 2.92. The maximum absolute atomic E-state index is 12.3. The molecule has 2 saturated heterocycles. The smallest absolute Gasteiger partial charge is 0.225 e. The molecule has 0 aliphatic carbocycles. The molecule has 2 heterocycles. The van der Waals surface area contributed by atoms with Crippen molar-refractivity contribution in [2.75, 3.05) is 31.1 Å². The fourth-order valence-corrected chi connectivity index (χ4v) is 3.64. The van der Waals surface area contributed by atoms with Gasteiger partial charge in [-0.1, -0.05) is 0 Å². The SMILES string of the molecule is CC1(C)CN(C(=O)C2CCSCC2)CCN1. The topological polar surface area (TPSA) is 32.3 Å². The van der Waals surface area contributed by atoms with Gasteiger partial charge in [-0.3, -0.25) is 4.79 Å². The minimum atomic E-state index is 0.0807. The molecule has 0 aromatic rings. The van der Waals surface area contributed by atoms with Crippen molar-refractivity contribution in [1.82, 2.24) is 10.2 Å². The summed E-state index contributed by atoms with van der Waals surface area (Å²) >= 11 is 1.98. The van der Waals surface area contributed by atoms with Gasteiger partial charge in [0.2, 0.25) is 5.91 Å². The molecule has 4 heteroatoms. The van der Waals surface area contributed by atoms with E-state index in [0.717, 1.165) is 44.0 Å². The van der Waals surface area contributed by atoms with Crippen LogP contribution >= 0.6 is 11.8 Å². The Balaban J connectivity index is 1.93. The van der Waals surface area contributed by atoms with Gasteiger partial charge < -0.3 is 10.2 Å². The van der Waals surface area contributed by atoms with Crippen molar-refractivity contribution >= 4 is 17.7 Å². The van der Waals surface area contributed by atoms with Gasteiger partial charge in [0, 0.05) is 31.1 Å². The van der Waals surface area contributed by atoms with E-state index >= 15 is 0 Å². The molecule has 0 bridgehead atoms. The Hall–Kier alpha value is -0.220. The highest BCUT2D eigenvalue weighted by Crippen LogP contribution is 2.25. The molecule has 2 aliphatic rings. The van der Waals surface area contributed by atoms with Crippen LogP contribution in [0.15, 0.2) is 0 Å². The van der Waals surface area contributed by atoms with Crippen LogP contribution in [0.25, 0.3) is 0 Å². The van der Waals surface area contributed by atoms with Crippen LogP contribution in [-0.4, -0.2) is 47.5 Å². The van der Waals surface area contributed by atoms with E-state index in [9.17, 15) is 4.79 Å². The first-order valence-electron chi connectivity index (χ1n) is 6.20. The number of rotatable bonds is 1. The van der Waals surface area contributed by atoms with Gasteiger partial charge in [-0.25, -0.2) is 0 Å². The summed E-state index contributed by atoms with van der Waals surface area (Å²) in [5.41, 5.74) is 0.0807. The maximum Gasteiger partial charge on any atom is 0.225 e. The van der Waals surface area contributed by atoms with Crippen molar-refractivity contribution in [3.8, 4) is 0 Å². The normalized spacial score (nSPS) is 26.8. The Kier molecular flexibility index (Phi) is 3.80. The summed E-state index contributed by atoms with van der Waals surface area (Å²) in [4.78, 5) is 14.4. The molecule has 0 atom stereocenters. The van der Waals surface area contributed by atoms with Gasteiger partial charge in [0.05, 0.1) is 0 Å². The lowest BCUT2D eigenvalue weighted by Gasteiger charge is -2.40. The van der Waals surface area contributed by atoms with E-state index in [2.05, 4.69) is 24.1 Å². The number of nitrogens with one attached hydrogen (secondary N) is 1. The second-order valence-corrected chi connectivity index (χ2v) is 6.68. The zero-order chi connectivity index (χ0) is 11.6. The highest BCUT2D eigenvalue weighted by atomic mass is 32.2. The Morgan fingerprint density at radius 1 is 1.38 bits per heavy atom. The summed E-state index contributed by atoms with van der Waals surface area (Å²) in [5.74, 6) is 3.02. The zero-order valence-electron chi connectivity index (χ0n) is 10.3. The van der Waals surface area contributed by atoms with Gasteiger partial charge in [-0.05, 0) is 38.2 Å². The maximum atomic E-state index is 12.3. The number of hydrogen-bond donors (Lipinski definition) is 1. The number of carbonyl (C=O) groups excluding carboxylic acids is 1. The fraction of sp³-hybridized carbons (Fsp3) is 0.917. The third-order valence-corrected chi connectivity index (χ3v) is 4.50. The quantitative estimate of drug-likeness (QED) is 0.753.